The molecule has 2 unspecified atom stereocenters. The van der Waals surface area contributed by atoms with Crippen LogP contribution in [0, 0.1) is 11.7 Å². The van der Waals surface area contributed by atoms with Crippen LogP contribution in [0.25, 0.3) is 16.6 Å². The predicted octanol–water partition coefficient (Wildman–Crippen LogP) is 4.66. The number of halogens is 1. The second-order valence-electron chi connectivity index (χ2n) is 7.32. The van der Waals surface area contributed by atoms with Crippen molar-refractivity contribution in [2.45, 2.75) is 5.92 Å². The van der Waals surface area contributed by atoms with Gasteiger partial charge in [0, 0.05) is 11.3 Å². The maximum Gasteiger partial charge on any atom is 0.312 e. The van der Waals surface area contributed by atoms with Gasteiger partial charge >= 0.3 is 5.97 Å². The van der Waals surface area contributed by atoms with Crippen LogP contribution in [0.3, 0.4) is 0 Å². The van der Waals surface area contributed by atoms with Crippen molar-refractivity contribution < 1.29 is 23.7 Å². The van der Waals surface area contributed by atoms with E-state index in [1.807, 2.05) is 48.5 Å². The van der Waals surface area contributed by atoms with Gasteiger partial charge in [-0.3, -0.25) is 4.79 Å². The highest BCUT2D eigenvalue weighted by Crippen LogP contribution is 2.35. The van der Waals surface area contributed by atoms with Gasteiger partial charge in [0.2, 0.25) is 0 Å². The van der Waals surface area contributed by atoms with Gasteiger partial charge in [0.25, 0.3) is 0 Å². The molecule has 0 aliphatic heterocycles. The lowest BCUT2D eigenvalue weighted by Gasteiger charge is -2.25. The van der Waals surface area contributed by atoms with E-state index >= 15 is 0 Å². The Morgan fingerprint density at radius 1 is 1.00 bits per heavy atom. The molecule has 0 bridgehead atoms. The van der Waals surface area contributed by atoms with E-state index in [1.54, 1.807) is 23.0 Å². The summed E-state index contributed by atoms with van der Waals surface area (Å²) in [6.07, 6.45) is 1.75. The summed E-state index contributed by atoms with van der Waals surface area (Å²) in [6, 6.07) is 21.8. The fourth-order valence-electron chi connectivity index (χ4n) is 3.94. The first-order valence-corrected chi connectivity index (χ1v) is 10.1. The van der Waals surface area contributed by atoms with Crippen LogP contribution in [-0.2, 0) is 19.3 Å². The number of nitrogens with zero attached hydrogens (tertiary/aromatic N) is 2. The number of esters is 1. The monoisotopic (exact) mass is 434 g/mol. The van der Waals surface area contributed by atoms with E-state index in [1.165, 1.54) is 26.4 Å². The third kappa shape index (κ3) is 4.39. The van der Waals surface area contributed by atoms with E-state index in [-0.39, 0.29) is 18.3 Å². The van der Waals surface area contributed by atoms with Crippen molar-refractivity contribution in [1.82, 2.24) is 9.78 Å². The molecule has 0 spiro atoms. The Morgan fingerprint density at radius 3 is 2.44 bits per heavy atom. The summed E-state index contributed by atoms with van der Waals surface area (Å²) in [5, 5.41) is 5.36. The van der Waals surface area contributed by atoms with Crippen LogP contribution >= 0.6 is 0 Å². The molecule has 32 heavy (non-hydrogen) atoms. The van der Waals surface area contributed by atoms with Crippen molar-refractivity contribution in [3.05, 3.63) is 95.9 Å². The van der Waals surface area contributed by atoms with Gasteiger partial charge in [-0.1, -0.05) is 36.4 Å². The molecule has 0 saturated carbocycles. The Morgan fingerprint density at radius 2 is 1.75 bits per heavy atom. The Kier molecular flexibility index (Phi) is 6.58. The number of carbonyl (C=O) groups is 1. The largest absolute Gasteiger partial charge is 0.469 e. The summed E-state index contributed by atoms with van der Waals surface area (Å²) in [6.45, 7) is 0.0373. The third-order valence-corrected chi connectivity index (χ3v) is 5.45. The van der Waals surface area contributed by atoms with Gasteiger partial charge in [0.15, 0.2) is 0 Å². The first kappa shape index (κ1) is 21.7. The van der Waals surface area contributed by atoms with E-state index in [0.29, 0.717) is 0 Å². The molecule has 4 rings (SSSR count). The molecule has 0 saturated heterocycles. The van der Waals surface area contributed by atoms with Gasteiger partial charge < -0.3 is 4.74 Å². The van der Waals surface area contributed by atoms with Gasteiger partial charge in [-0.05, 0) is 47.5 Å². The average molecular weight is 434 g/mol. The SMILES string of the molecule is COOCC(C(=O)OC)C(c1ccccc1)c1ccc2c(cnn2-c2ccc(F)cc2)c1. The standard InChI is InChI=1S/C25H23FN2O4/c1-30-25(29)22(16-32-31-2)24(17-6-4-3-5-7-17)18-8-13-23-19(14-18)15-27-28(23)21-11-9-20(26)10-12-21/h3-15,22,24H,16H2,1-2H3. The van der Waals surface area contributed by atoms with Gasteiger partial charge in [-0.2, -0.15) is 5.10 Å². The normalized spacial score (nSPS) is 13.1. The maximum atomic E-state index is 13.3. The van der Waals surface area contributed by atoms with Crippen LogP contribution < -0.4 is 0 Å². The molecule has 6 nitrogen and oxygen atoms in total. The molecule has 1 aromatic heterocycles. The van der Waals surface area contributed by atoms with E-state index in [9.17, 15) is 9.18 Å². The molecular weight excluding hydrogens is 411 g/mol. The van der Waals surface area contributed by atoms with Crippen molar-refractivity contribution in [3.63, 3.8) is 0 Å². The Balaban J connectivity index is 1.79. The number of hydrogen-bond donors (Lipinski definition) is 0. The molecule has 0 N–H and O–H groups in total. The molecule has 0 aliphatic rings. The van der Waals surface area contributed by atoms with E-state index in [2.05, 4.69) is 5.10 Å². The smallest absolute Gasteiger partial charge is 0.312 e. The molecule has 164 valence electrons. The predicted molar refractivity (Wildman–Crippen MR) is 118 cm³/mol. The molecule has 0 radical (unpaired) electrons. The van der Waals surface area contributed by atoms with E-state index in [4.69, 9.17) is 14.5 Å². The first-order valence-electron chi connectivity index (χ1n) is 10.1. The number of rotatable bonds is 8. The summed E-state index contributed by atoms with van der Waals surface area (Å²) in [4.78, 5) is 22.6. The average Bonchev–Trinajstić information content (AvgIpc) is 3.25. The van der Waals surface area contributed by atoms with Crippen molar-refractivity contribution >= 4 is 16.9 Å². The topological polar surface area (TPSA) is 62.6 Å². The number of benzene rings is 3. The Labute approximate surface area is 185 Å². The molecule has 0 aliphatic carbocycles. The second kappa shape index (κ2) is 9.72. The number of methoxy groups -OCH3 is 1. The van der Waals surface area contributed by atoms with Gasteiger partial charge in [-0.25, -0.2) is 18.8 Å². The molecule has 1 heterocycles. The highest BCUT2D eigenvalue weighted by molar-refractivity contribution is 5.82. The number of hydrogen-bond acceptors (Lipinski definition) is 5. The van der Waals surface area contributed by atoms with E-state index in [0.717, 1.165) is 27.7 Å². The zero-order valence-corrected chi connectivity index (χ0v) is 17.8. The number of fused-ring (bicyclic) bond motifs is 1. The van der Waals surface area contributed by atoms with Crippen molar-refractivity contribution in [3.8, 4) is 5.69 Å². The van der Waals surface area contributed by atoms with Crippen LogP contribution in [0.2, 0.25) is 0 Å². The zero-order valence-electron chi connectivity index (χ0n) is 17.8. The molecule has 3 aromatic carbocycles. The van der Waals surface area contributed by atoms with Crippen LogP contribution in [-0.4, -0.2) is 36.6 Å². The maximum absolute atomic E-state index is 13.3. The molecule has 7 heteroatoms. The van der Waals surface area contributed by atoms with Crippen LogP contribution in [0.4, 0.5) is 4.39 Å². The zero-order chi connectivity index (χ0) is 22.5. The van der Waals surface area contributed by atoms with Crippen molar-refractivity contribution in [2.75, 3.05) is 20.8 Å². The van der Waals surface area contributed by atoms with Crippen molar-refractivity contribution in [2.24, 2.45) is 5.92 Å². The van der Waals surface area contributed by atoms with Gasteiger partial charge in [0.1, 0.15) is 5.82 Å². The summed E-state index contributed by atoms with van der Waals surface area (Å²) in [5.74, 6) is -1.63. The third-order valence-electron chi connectivity index (χ3n) is 5.45. The summed E-state index contributed by atoms with van der Waals surface area (Å²) >= 11 is 0. The summed E-state index contributed by atoms with van der Waals surface area (Å²) in [5.41, 5.74) is 3.50. The molecule has 2 atom stereocenters. The number of aromatic nitrogens is 2. The number of carbonyl (C=O) groups excluding carboxylic acids is 1. The molecule has 0 amide bonds. The quantitative estimate of drug-likeness (QED) is 0.229. The molecular formula is C25H23FN2O4. The minimum absolute atomic E-state index is 0.0373. The highest BCUT2D eigenvalue weighted by Gasteiger charge is 2.33. The lowest BCUT2D eigenvalue weighted by Crippen LogP contribution is -2.29. The summed E-state index contributed by atoms with van der Waals surface area (Å²) in [7, 11) is 2.77. The second-order valence-corrected chi connectivity index (χ2v) is 7.32. The molecule has 4 aromatic rings. The van der Waals surface area contributed by atoms with Gasteiger partial charge in [0.05, 0.1) is 44.1 Å². The molecule has 0 fully saturated rings. The van der Waals surface area contributed by atoms with E-state index < -0.39 is 11.9 Å². The number of ether oxygens (including phenoxy) is 1. The lowest BCUT2D eigenvalue weighted by atomic mass is 9.80. The van der Waals surface area contributed by atoms with Crippen molar-refractivity contribution in [1.29, 1.82) is 0 Å². The van der Waals surface area contributed by atoms with Gasteiger partial charge in [-0.15, -0.1) is 0 Å². The van der Waals surface area contributed by atoms with Crippen LogP contribution in [0.5, 0.6) is 0 Å². The lowest BCUT2D eigenvalue weighted by molar-refractivity contribution is -0.280. The Hall–Kier alpha value is -3.55. The first-order chi connectivity index (χ1) is 15.6. The fourth-order valence-corrected chi connectivity index (χ4v) is 3.94. The highest BCUT2D eigenvalue weighted by atomic mass is 19.1. The minimum Gasteiger partial charge on any atom is -0.469 e. The van der Waals surface area contributed by atoms with Crippen LogP contribution in [0.1, 0.15) is 17.0 Å². The summed E-state index contributed by atoms with van der Waals surface area (Å²) < 4.78 is 20.1. The minimum atomic E-state index is -0.619. The fraction of sp³-hybridized carbons (Fsp3) is 0.200. The van der Waals surface area contributed by atoms with Crippen LogP contribution in [0.15, 0.2) is 79.0 Å². The Bertz CT molecular complexity index is 1190.